The van der Waals surface area contributed by atoms with Crippen LogP contribution >= 0.6 is 23.3 Å². The number of aliphatic carboxylic acids is 1. The number of carbonyl (C=O) groups is 3. The molecule has 0 radical (unpaired) electrons. The van der Waals surface area contributed by atoms with E-state index in [0.717, 1.165) is 16.4 Å². The molecule has 3 heterocycles. The predicted molar refractivity (Wildman–Crippen MR) is 128 cm³/mol. The molecule has 4 N–H and O–H groups in total. The highest BCUT2D eigenvalue weighted by atomic mass is 32.2. The lowest BCUT2D eigenvalue weighted by Crippen LogP contribution is -2.71. The molecule has 0 bridgehead atoms. The third-order valence-corrected chi connectivity index (χ3v) is 7.07. The molecule has 196 valence electrons. The maximum Gasteiger partial charge on any atom is 0.278 e. The van der Waals surface area contributed by atoms with E-state index in [0.29, 0.717) is 23.1 Å². The number of halogens is 1. The number of amides is 2. The molecule has 0 aliphatic carbocycles. The van der Waals surface area contributed by atoms with Crippen LogP contribution in [-0.2, 0) is 19.2 Å². The van der Waals surface area contributed by atoms with Crippen LogP contribution in [0, 0.1) is 0 Å². The zero-order valence-corrected chi connectivity index (χ0v) is 21.3. The van der Waals surface area contributed by atoms with Crippen LogP contribution in [0.25, 0.3) is 0 Å². The number of allylic oxidation sites excluding steroid dienone is 1. The monoisotopic (exact) mass is 543 g/mol. The van der Waals surface area contributed by atoms with Gasteiger partial charge >= 0.3 is 0 Å². The average molecular weight is 544 g/mol. The van der Waals surface area contributed by atoms with E-state index >= 15 is 0 Å². The summed E-state index contributed by atoms with van der Waals surface area (Å²) in [4.78, 5) is 46.7. The Bertz CT molecular complexity index is 1120. The van der Waals surface area contributed by atoms with Gasteiger partial charge in [-0.1, -0.05) is 11.2 Å². The Morgan fingerprint density at radius 1 is 1.50 bits per heavy atom. The van der Waals surface area contributed by atoms with E-state index in [1.165, 1.54) is 11.8 Å². The molecule has 3 atom stereocenters. The van der Waals surface area contributed by atoms with E-state index in [4.69, 9.17) is 5.73 Å². The van der Waals surface area contributed by atoms with Crippen LogP contribution in [0.1, 0.15) is 12.7 Å². The number of anilines is 1. The number of thioether (sulfide) groups is 1. The molecule has 36 heavy (non-hydrogen) atoms. The van der Waals surface area contributed by atoms with Gasteiger partial charge in [-0.2, -0.15) is 9.36 Å². The van der Waals surface area contributed by atoms with Gasteiger partial charge in [-0.15, -0.1) is 11.8 Å². The molecule has 16 heteroatoms. The van der Waals surface area contributed by atoms with Gasteiger partial charge in [0.2, 0.25) is 11.5 Å². The third-order valence-electron chi connectivity index (χ3n) is 5.23. The zero-order chi connectivity index (χ0) is 26.6. The van der Waals surface area contributed by atoms with Crippen LogP contribution in [0.15, 0.2) is 28.6 Å². The Morgan fingerprint density at radius 3 is 2.81 bits per heavy atom. The largest absolute Gasteiger partial charge is 0.543 e. The number of quaternary nitrogens is 1. The summed E-state index contributed by atoms with van der Waals surface area (Å²) in [6.45, 7) is 1.41. The quantitative estimate of drug-likeness (QED) is 0.124. The lowest BCUT2D eigenvalue weighted by atomic mass is 10.0. The summed E-state index contributed by atoms with van der Waals surface area (Å²) in [5.41, 5.74) is 5.17. The molecule has 1 unspecified atom stereocenters. The predicted octanol–water partition coefficient (Wildman–Crippen LogP) is -1.81. The first kappa shape index (κ1) is 27.5. The van der Waals surface area contributed by atoms with Gasteiger partial charge in [0.05, 0.1) is 32.3 Å². The molecule has 13 nitrogen and oxygen atoms in total. The number of aliphatic hydroxyl groups excluding tert-OH is 1. The zero-order valence-electron chi connectivity index (χ0n) is 19.7. The Labute approximate surface area is 214 Å². The fourth-order valence-corrected chi connectivity index (χ4v) is 5.60. The number of alkyl halides is 1. The second-order valence-corrected chi connectivity index (χ2v) is 10.6. The van der Waals surface area contributed by atoms with Crippen molar-refractivity contribution in [3.8, 4) is 0 Å². The SMILES string of the molecule is CC(O)C[N+](C)(C)C/C=C/C1=C(C(=O)[O-])N2C(=O)[C@@H](NC(=O)/C(=N\OCF)c3nsc(N)n3)[C@H]2SC1. The molecule has 0 spiro atoms. The van der Waals surface area contributed by atoms with Crippen molar-refractivity contribution in [2.24, 2.45) is 5.16 Å². The first-order chi connectivity index (χ1) is 16.9. The number of nitrogens with two attached hydrogens (primary N) is 1. The number of carboxylic acids is 1. The van der Waals surface area contributed by atoms with E-state index in [1.807, 2.05) is 14.1 Å². The molecule has 1 aromatic heterocycles. The lowest BCUT2D eigenvalue weighted by molar-refractivity contribution is -0.887. The van der Waals surface area contributed by atoms with Crippen LogP contribution in [0.4, 0.5) is 9.52 Å². The molecular formula is C20H26FN7O6S2. The minimum Gasteiger partial charge on any atom is -0.543 e. The molecule has 3 rings (SSSR count). The number of nitrogens with zero attached hydrogens (tertiary/aromatic N) is 5. The number of nitrogens with one attached hydrogen (secondary N) is 1. The van der Waals surface area contributed by atoms with Crippen LogP contribution in [0.2, 0.25) is 0 Å². The van der Waals surface area contributed by atoms with Crippen molar-refractivity contribution in [2.45, 2.75) is 24.4 Å². The summed E-state index contributed by atoms with van der Waals surface area (Å²) in [5, 5.41) is 26.7. The summed E-state index contributed by atoms with van der Waals surface area (Å²) in [6, 6.07) is -1.07. The number of aromatic nitrogens is 2. The number of rotatable bonds is 11. The van der Waals surface area contributed by atoms with Gasteiger partial charge in [-0.3, -0.25) is 14.5 Å². The maximum absolute atomic E-state index is 12.9. The van der Waals surface area contributed by atoms with Gasteiger partial charge < -0.3 is 35.4 Å². The maximum atomic E-state index is 12.9. The molecule has 1 fully saturated rings. The topological polar surface area (TPSA) is 183 Å². The molecule has 1 saturated heterocycles. The Hall–Kier alpha value is -3.08. The third kappa shape index (κ3) is 6.18. The number of carboxylic acid groups (broad SMARTS) is 1. The Morgan fingerprint density at radius 2 is 2.22 bits per heavy atom. The normalized spacial score (nSPS) is 21.3. The van der Waals surface area contributed by atoms with Gasteiger partial charge in [0, 0.05) is 17.3 Å². The fourth-order valence-electron chi connectivity index (χ4n) is 3.84. The van der Waals surface area contributed by atoms with Crippen molar-refractivity contribution in [2.75, 3.05) is 45.5 Å². The van der Waals surface area contributed by atoms with Crippen molar-refractivity contribution < 1.29 is 38.3 Å². The molecule has 1 aromatic rings. The number of carbonyl (C=O) groups excluding carboxylic acids is 3. The van der Waals surface area contributed by atoms with Crippen LogP contribution in [0.5, 0.6) is 0 Å². The van der Waals surface area contributed by atoms with E-state index in [-0.39, 0.29) is 22.4 Å². The van der Waals surface area contributed by atoms with Crippen molar-refractivity contribution in [3.63, 3.8) is 0 Å². The second-order valence-electron chi connectivity index (χ2n) is 8.71. The minimum absolute atomic E-state index is 0.0388. The summed E-state index contributed by atoms with van der Waals surface area (Å²) < 4.78 is 16.8. The summed E-state index contributed by atoms with van der Waals surface area (Å²) in [5.74, 6) is -3.05. The van der Waals surface area contributed by atoms with Crippen molar-refractivity contribution in [1.82, 2.24) is 19.6 Å². The number of oxime groups is 1. The highest BCUT2D eigenvalue weighted by Gasteiger charge is 2.53. The molecule has 0 saturated carbocycles. The number of hydrogen-bond donors (Lipinski definition) is 3. The first-order valence-electron chi connectivity index (χ1n) is 10.7. The number of likely N-dealkylation sites (N-methyl/N-ethyl adjacent to an activating group) is 1. The van der Waals surface area contributed by atoms with Gasteiger partial charge in [-0.05, 0) is 18.6 Å². The number of hydrogen-bond acceptors (Lipinski definition) is 12. The number of aliphatic hydroxyl groups is 1. The molecular weight excluding hydrogens is 517 g/mol. The number of fused-ring (bicyclic) bond motifs is 1. The Kier molecular flexibility index (Phi) is 8.65. The van der Waals surface area contributed by atoms with Crippen molar-refractivity contribution in [3.05, 3.63) is 29.2 Å². The fraction of sp³-hybridized carbons (Fsp3) is 0.500. The standard InChI is InChI=1S/C20H26FN7O6S2/c1-10(29)7-28(2,3)6-4-5-11-8-35-18-13(17(31)27(18)14(11)19(32)33)23-16(30)12(25-34-9-21)15-24-20(22)36-26-15/h4-5,10,13,18,29H,6-9H2,1-3H3,(H3-,22,23,24,26,30,32,33)/b5-4+,25-12-/t10?,13-,18-/m1/s1. The van der Waals surface area contributed by atoms with E-state index in [9.17, 15) is 29.0 Å². The van der Waals surface area contributed by atoms with E-state index in [1.54, 1.807) is 19.1 Å². The van der Waals surface area contributed by atoms with Crippen LogP contribution < -0.4 is 16.2 Å². The van der Waals surface area contributed by atoms with E-state index in [2.05, 4.69) is 24.7 Å². The van der Waals surface area contributed by atoms with Gasteiger partial charge in [-0.25, -0.2) is 4.39 Å². The lowest BCUT2D eigenvalue weighted by Gasteiger charge is -2.50. The number of β-lactam (4-membered cyclic amide) rings is 1. The molecule has 2 amide bonds. The summed E-state index contributed by atoms with van der Waals surface area (Å²) in [7, 11) is 3.85. The van der Waals surface area contributed by atoms with Crippen molar-refractivity contribution in [1.29, 1.82) is 0 Å². The molecule has 2 aliphatic rings. The summed E-state index contributed by atoms with van der Waals surface area (Å²) in [6.07, 6.45) is 2.92. The average Bonchev–Trinajstić information content (AvgIpc) is 3.21. The smallest absolute Gasteiger partial charge is 0.278 e. The highest BCUT2D eigenvalue weighted by Crippen LogP contribution is 2.40. The highest BCUT2D eigenvalue weighted by molar-refractivity contribution is 8.00. The Balaban J connectivity index is 1.75. The van der Waals surface area contributed by atoms with Crippen LogP contribution in [0.3, 0.4) is 0 Å². The minimum atomic E-state index is -1.52. The summed E-state index contributed by atoms with van der Waals surface area (Å²) >= 11 is 2.04. The van der Waals surface area contributed by atoms with Crippen molar-refractivity contribution >= 4 is 51.9 Å². The van der Waals surface area contributed by atoms with E-state index < -0.39 is 47.9 Å². The second kappa shape index (κ2) is 11.3. The van der Waals surface area contributed by atoms with Gasteiger partial charge in [0.1, 0.15) is 24.1 Å². The number of nitrogen functional groups attached to an aromatic ring is 1. The van der Waals surface area contributed by atoms with Gasteiger partial charge in [0.15, 0.2) is 5.13 Å². The van der Waals surface area contributed by atoms with Gasteiger partial charge in [0.25, 0.3) is 18.7 Å². The molecule has 0 aromatic carbocycles. The first-order valence-corrected chi connectivity index (χ1v) is 12.5. The van der Waals surface area contributed by atoms with Crippen LogP contribution in [-0.4, -0.2) is 105 Å². The molecule has 2 aliphatic heterocycles.